The molecule has 1 unspecified atom stereocenters. The van der Waals surface area contributed by atoms with E-state index >= 15 is 0 Å². The Morgan fingerprint density at radius 3 is 2.43 bits per heavy atom. The molecule has 0 radical (unpaired) electrons. The summed E-state index contributed by atoms with van der Waals surface area (Å²) in [7, 11) is 1.33. The van der Waals surface area contributed by atoms with Crippen LogP contribution < -0.4 is 5.48 Å². The minimum absolute atomic E-state index is 0.170. The molecule has 1 fully saturated rings. The van der Waals surface area contributed by atoms with Crippen molar-refractivity contribution < 1.29 is 34.4 Å². The van der Waals surface area contributed by atoms with Crippen LogP contribution in [-0.4, -0.2) is 59.1 Å². The highest BCUT2D eigenvalue weighted by Crippen LogP contribution is 2.22. The van der Waals surface area contributed by atoms with Gasteiger partial charge >= 0.3 is 5.97 Å². The summed E-state index contributed by atoms with van der Waals surface area (Å²) >= 11 is 0. The Hall–Kier alpha value is -1.71. The van der Waals surface area contributed by atoms with Gasteiger partial charge in [0.15, 0.2) is 0 Å². The molecule has 23 heavy (non-hydrogen) atoms. The lowest BCUT2D eigenvalue weighted by Gasteiger charge is -2.38. The van der Waals surface area contributed by atoms with E-state index < -0.39 is 30.7 Å². The first-order valence-electron chi connectivity index (χ1n) is 7.19. The molecule has 128 valence electrons. The predicted octanol–water partition coefficient (Wildman–Crippen LogP) is -0.427. The van der Waals surface area contributed by atoms with E-state index in [1.54, 1.807) is 31.2 Å². The zero-order chi connectivity index (χ0) is 17.0. The molecule has 2 rings (SSSR count). The van der Waals surface area contributed by atoms with E-state index in [-0.39, 0.29) is 12.4 Å². The highest BCUT2D eigenvalue weighted by atomic mass is 16.8. The fourth-order valence-corrected chi connectivity index (χ4v) is 2.17. The van der Waals surface area contributed by atoms with Gasteiger partial charge in [-0.05, 0) is 24.6 Å². The Morgan fingerprint density at radius 1 is 1.17 bits per heavy atom. The monoisotopic (exact) mass is 327 g/mol. The number of nitrogens with one attached hydrogen (secondary N) is 1. The third-order valence-corrected chi connectivity index (χ3v) is 3.63. The molecular formula is C15H21NO7. The van der Waals surface area contributed by atoms with E-state index in [9.17, 15) is 20.1 Å². The number of carbonyl (C=O) groups is 1. The minimum atomic E-state index is -1.38. The van der Waals surface area contributed by atoms with Crippen molar-refractivity contribution in [1.29, 1.82) is 0 Å². The quantitative estimate of drug-likeness (QED) is 0.425. The standard InChI is InChI=1S/C15H21NO7/c1-8-12(18)13(19)14(20)15(22-8)23-16-10-5-3-9(4-6-10)7-11(17)21-2/h3-6,8,12-16,18-20H,7H2,1-2H3/t8-,12-,13+,14+,15?/m0/s1. The fourth-order valence-electron chi connectivity index (χ4n) is 2.17. The van der Waals surface area contributed by atoms with Gasteiger partial charge in [-0.3, -0.25) is 10.3 Å². The van der Waals surface area contributed by atoms with Crippen molar-refractivity contribution in [2.24, 2.45) is 0 Å². The van der Waals surface area contributed by atoms with E-state index in [2.05, 4.69) is 10.2 Å². The van der Waals surface area contributed by atoms with E-state index in [4.69, 9.17) is 9.57 Å². The number of benzene rings is 1. The van der Waals surface area contributed by atoms with Crippen LogP contribution in [0.5, 0.6) is 0 Å². The van der Waals surface area contributed by atoms with Crippen molar-refractivity contribution in [3.8, 4) is 0 Å². The lowest BCUT2D eigenvalue weighted by molar-refractivity contribution is -0.286. The van der Waals surface area contributed by atoms with Crippen LogP contribution in [-0.2, 0) is 25.5 Å². The number of hydrogen-bond donors (Lipinski definition) is 4. The van der Waals surface area contributed by atoms with Crippen LogP contribution in [0, 0.1) is 0 Å². The van der Waals surface area contributed by atoms with Crippen LogP contribution >= 0.6 is 0 Å². The Morgan fingerprint density at radius 2 is 1.83 bits per heavy atom. The molecule has 4 N–H and O–H groups in total. The first-order chi connectivity index (χ1) is 10.9. The van der Waals surface area contributed by atoms with Crippen molar-refractivity contribution in [2.45, 2.75) is 44.1 Å². The number of carbonyl (C=O) groups excluding carboxylic acids is 1. The van der Waals surface area contributed by atoms with Gasteiger partial charge in [0.1, 0.15) is 18.3 Å². The first kappa shape index (κ1) is 17.6. The lowest BCUT2D eigenvalue weighted by Crippen LogP contribution is -2.57. The molecule has 0 amide bonds. The van der Waals surface area contributed by atoms with Gasteiger partial charge < -0.3 is 24.8 Å². The third kappa shape index (κ3) is 4.40. The number of esters is 1. The van der Waals surface area contributed by atoms with Crippen molar-refractivity contribution in [3.63, 3.8) is 0 Å². The second kappa shape index (κ2) is 7.71. The van der Waals surface area contributed by atoms with Crippen molar-refractivity contribution >= 4 is 11.7 Å². The summed E-state index contributed by atoms with van der Waals surface area (Å²) in [6.07, 6.45) is -5.55. The molecule has 1 heterocycles. The minimum Gasteiger partial charge on any atom is -0.469 e. The zero-order valence-corrected chi connectivity index (χ0v) is 12.9. The number of methoxy groups -OCH3 is 1. The van der Waals surface area contributed by atoms with Crippen LogP contribution in [0.3, 0.4) is 0 Å². The molecule has 1 aliphatic heterocycles. The number of aliphatic hydroxyl groups excluding tert-OH is 3. The van der Waals surface area contributed by atoms with Crippen LogP contribution in [0.1, 0.15) is 12.5 Å². The topological polar surface area (TPSA) is 117 Å². The average Bonchev–Trinajstić information content (AvgIpc) is 2.56. The van der Waals surface area contributed by atoms with E-state index in [1.807, 2.05) is 0 Å². The number of hydrogen-bond acceptors (Lipinski definition) is 8. The van der Waals surface area contributed by atoms with Gasteiger partial charge in [-0.1, -0.05) is 12.1 Å². The third-order valence-electron chi connectivity index (χ3n) is 3.63. The highest BCUT2D eigenvalue weighted by Gasteiger charge is 2.42. The molecule has 1 aromatic rings. The summed E-state index contributed by atoms with van der Waals surface area (Å²) in [5, 5.41) is 29.1. The second-order valence-corrected chi connectivity index (χ2v) is 5.35. The summed E-state index contributed by atoms with van der Waals surface area (Å²) in [5.41, 5.74) is 3.95. The molecular weight excluding hydrogens is 306 g/mol. The molecule has 1 aromatic carbocycles. The van der Waals surface area contributed by atoms with Gasteiger partial charge in [0.2, 0.25) is 6.29 Å². The molecule has 1 aliphatic rings. The molecule has 8 heteroatoms. The SMILES string of the molecule is COC(=O)Cc1ccc(NOC2O[C@@H](C)[C@H](O)[C@@H](O)[C@H]2O)cc1. The molecule has 0 aromatic heterocycles. The van der Waals surface area contributed by atoms with Crippen LogP contribution in [0.25, 0.3) is 0 Å². The number of aliphatic hydroxyl groups is 3. The summed E-state index contributed by atoms with van der Waals surface area (Å²) < 4.78 is 9.87. The molecule has 0 aliphatic carbocycles. The maximum atomic E-state index is 11.2. The Balaban J connectivity index is 1.89. The largest absolute Gasteiger partial charge is 0.469 e. The van der Waals surface area contributed by atoms with Crippen LogP contribution in [0.2, 0.25) is 0 Å². The van der Waals surface area contributed by atoms with Gasteiger partial charge in [0.25, 0.3) is 0 Å². The van der Waals surface area contributed by atoms with Crippen molar-refractivity contribution in [1.82, 2.24) is 0 Å². The van der Waals surface area contributed by atoms with Crippen LogP contribution in [0.4, 0.5) is 5.69 Å². The van der Waals surface area contributed by atoms with Gasteiger partial charge in [-0.15, -0.1) is 0 Å². The Bertz CT molecular complexity index is 521. The average molecular weight is 327 g/mol. The van der Waals surface area contributed by atoms with E-state index in [0.717, 1.165) is 5.56 Å². The van der Waals surface area contributed by atoms with Gasteiger partial charge in [0.05, 0.1) is 25.3 Å². The Labute approximate surface area is 133 Å². The smallest absolute Gasteiger partial charge is 0.309 e. The number of ether oxygens (including phenoxy) is 2. The molecule has 0 saturated carbocycles. The first-order valence-corrected chi connectivity index (χ1v) is 7.19. The molecule has 1 saturated heterocycles. The normalized spacial score (nSPS) is 30.7. The van der Waals surface area contributed by atoms with Crippen molar-refractivity contribution in [3.05, 3.63) is 29.8 Å². The van der Waals surface area contributed by atoms with Gasteiger partial charge in [-0.25, -0.2) is 4.84 Å². The summed E-state index contributed by atoms with van der Waals surface area (Å²) in [6, 6.07) is 6.81. The molecule has 0 spiro atoms. The van der Waals surface area contributed by atoms with Gasteiger partial charge in [0, 0.05) is 0 Å². The maximum Gasteiger partial charge on any atom is 0.309 e. The molecule has 0 bridgehead atoms. The van der Waals surface area contributed by atoms with E-state index in [1.165, 1.54) is 7.11 Å². The summed E-state index contributed by atoms with van der Waals surface area (Å²) in [6.45, 7) is 1.57. The highest BCUT2D eigenvalue weighted by molar-refractivity contribution is 5.72. The van der Waals surface area contributed by atoms with Crippen molar-refractivity contribution in [2.75, 3.05) is 12.6 Å². The van der Waals surface area contributed by atoms with E-state index in [0.29, 0.717) is 5.69 Å². The maximum absolute atomic E-state index is 11.2. The summed E-state index contributed by atoms with van der Waals surface area (Å²) in [4.78, 5) is 16.4. The fraction of sp³-hybridized carbons (Fsp3) is 0.533. The predicted molar refractivity (Wildman–Crippen MR) is 79.2 cm³/mol. The van der Waals surface area contributed by atoms with Gasteiger partial charge in [-0.2, -0.15) is 0 Å². The Kier molecular flexibility index (Phi) is 5.91. The zero-order valence-electron chi connectivity index (χ0n) is 12.9. The molecule has 5 atom stereocenters. The second-order valence-electron chi connectivity index (χ2n) is 5.35. The lowest BCUT2D eigenvalue weighted by atomic mass is 10.0. The number of anilines is 1. The number of rotatable bonds is 5. The van der Waals surface area contributed by atoms with Crippen LogP contribution in [0.15, 0.2) is 24.3 Å². The summed E-state index contributed by atoms with van der Waals surface area (Å²) in [5.74, 6) is -0.331. The molecule has 8 nitrogen and oxygen atoms in total.